The second kappa shape index (κ2) is 9.81. The van der Waals surface area contributed by atoms with Crippen molar-refractivity contribution >= 4 is 29.1 Å². The number of aryl methyl sites for hydroxylation is 1. The van der Waals surface area contributed by atoms with Crippen molar-refractivity contribution in [3.05, 3.63) is 127 Å². The number of carbonyl (C=O) groups excluding carboxylic acids is 2. The summed E-state index contributed by atoms with van der Waals surface area (Å²) in [6.07, 6.45) is 1.91. The molecule has 0 spiro atoms. The lowest BCUT2D eigenvalue weighted by Gasteiger charge is -2.49. The number of hydrogen-bond donors (Lipinski definition) is 2. The van der Waals surface area contributed by atoms with Crippen LogP contribution in [0.25, 0.3) is 0 Å². The fraction of sp³-hybridized carbons (Fsp3) is 0.250. The Morgan fingerprint density at radius 1 is 0.977 bits per heavy atom. The summed E-state index contributed by atoms with van der Waals surface area (Å²) in [5.74, 6) is -3.23. The first kappa shape index (κ1) is 27.9. The predicted molar refractivity (Wildman–Crippen MR) is 160 cm³/mol. The van der Waals surface area contributed by atoms with Crippen molar-refractivity contribution in [1.29, 1.82) is 0 Å². The van der Waals surface area contributed by atoms with Crippen LogP contribution in [0.4, 0.5) is 10.1 Å². The number of benzene rings is 3. The van der Waals surface area contributed by atoms with E-state index in [0.717, 1.165) is 9.58 Å². The molecule has 2 fully saturated rings. The number of hydrazine groups is 1. The van der Waals surface area contributed by atoms with Crippen molar-refractivity contribution in [2.75, 3.05) is 5.43 Å². The van der Waals surface area contributed by atoms with E-state index < -0.39 is 52.3 Å². The molecular weight excluding hydrogens is 589 g/mol. The average molecular weight is 616 g/mol. The number of aromatic nitrogens is 3. The number of allylic oxidation sites excluding steroid dienone is 2. The van der Waals surface area contributed by atoms with Gasteiger partial charge in [0.1, 0.15) is 11.6 Å². The first-order chi connectivity index (χ1) is 21.0. The highest BCUT2D eigenvalue weighted by atomic mass is 35.5. The van der Waals surface area contributed by atoms with Crippen molar-refractivity contribution in [2.45, 2.75) is 37.3 Å². The van der Waals surface area contributed by atoms with Gasteiger partial charge in [-0.2, -0.15) is 5.01 Å². The van der Waals surface area contributed by atoms with Crippen LogP contribution in [0.2, 0.25) is 5.02 Å². The first-order valence-corrected chi connectivity index (χ1v) is 14.5. The third-order valence-corrected chi connectivity index (χ3v) is 9.52. The molecule has 4 aromatic rings. The molecule has 0 bridgehead atoms. The summed E-state index contributed by atoms with van der Waals surface area (Å²) in [4.78, 5) is 55.7. The monoisotopic (exact) mass is 615 g/mol. The maximum absolute atomic E-state index is 14.9. The van der Waals surface area contributed by atoms with Gasteiger partial charge in [0.2, 0.25) is 0 Å². The van der Waals surface area contributed by atoms with Gasteiger partial charge >= 0.3 is 11.4 Å². The van der Waals surface area contributed by atoms with Gasteiger partial charge in [0, 0.05) is 18.0 Å². The Balaban J connectivity index is 1.51. The van der Waals surface area contributed by atoms with E-state index in [0.29, 0.717) is 33.0 Å². The van der Waals surface area contributed by atoms with Crippen molar-refractivity contribution in [3.8, 4) is 5.75 Å². The van der Waals surface area contributed by atoms with Crippen LogP contribution in [0, 0.1) is 18.7 Å². The highest BCUT2D eigenvalue weighted by Gasteiger charge is 2.68. The quantitative estimate of drug-likeness (QED) is 0.267. The Hall–Kier alpha value is -4.90. The number of nitrogens with one attached hydrogen (secondary N) is 1. The van der Waals surface area contributed by atoms with E-state index in [-0.39, 0.29) is 18.7 Å². The molecular formula is C32H27ClFN5O5. The van der Waals surface area contributed by atoms with Gasteiger partial charge in [0.05, 0.1) is 29.6 Å². The van der Waals surface area contributed by atoms with Crippen molar-refractivity contribution in [2.24, 2.45) is 13.0 Å². The van der Waals surface area contributed by atoms with E-state index in [1.165, 1.54) is 40.7 Å². The topological polar surface area (TPSA) is 119 Å². The van der Waals surface area contributed by atoms with Crippen LogP contribution in [0.1, 0.15) is 35.1 Å². The van der Waals surface area contributed by atoms with Gasteiger partial charge in [-0.25, -0.2) is 27.9 Å². The molecule has 2 N–H and O–H groups in total. The number of imide groups is 1. The molecule has 3 heterocycles. The van der Waals surface area contributed by atoms with Crippen LogP contribution in [-0.4, -0.2) is 35.9 Å². The number of amides is 2. The maximum atomic E-state index is 14.9. The van der Waals surface area contributed by atoms with Gasteiger partial charge in [-0.05, 0) is 78.1 Å². The number of aromatic hydroxyl groups is 1. The minimum absolute atomic E-state index is 0.0531. The molecule has 2 amide bonds. The predicted octanol–water partition coefficient (Wildman–Crippen LogP) is 3.77. The molecule has 2 aliphatic heterocycles. The van der Waals surface area contributed by atoms with Gasteiger partial charge in [0.15, 0.2) is 0 Å². The SMILES string of the molecule is Cc1cc([C@H]2C3=CCn4c(=O)n(C)c(=O)n4[C@@H]3C[C@H]3C(=O)N(Nc4ccc(F)cc4)C(=O)[C@@]23c2ccc(Cl)cc2)ccc1O. The Bertz CT molecular complexity index is 2010. The number of phenols is 1. The third-order valence-electron chi connectivity index (χ3n) is 9.26. The van der Waals surface area contributed by atoms with Crippen molar-refractivity contribution < 1.29 is 19.1 Å². The summed E-state index contributed by atoms with van der Waals surface area (Å²) >= 11 is 6.28. The van der Waals surface area contributed by atoms with E-state index in [1.807, 2.05) is 6.08 Å². The molecule has 4 atom stereocenters. The van der Waals surface area contributed by atoms with Crippen molar-refractivity contribution in [3.63, 3.8) is 0 Å². The molecule has 1 saturated heterocycles. The normalized spacial score (nSPS) is 24.0. The summed E-state index contributed by atoms with van der Waals surface area (Å²) in [5.41, 5.74) is 3.20. The first-order valence-electron chi connectivity index (χ1n) is 14.1. The van der Waals surface area contributed by atoms with Gasteiger partial charge < -0.3 is 5.11 Å². The van der Waals surface area contributed by atoms with Gasteiger partial charge in [0.25, 0.3) is 11.8 Å². The number of nitrogens with zero attached hydrogens (tertiary/aromatic N) is 4. The molecule has 224 valence electrons. The second-order valence-corrected chi connectivity index (χ2v) is 11.9. The lowest BCUT2D eigenvalue weighted by Crippen LogP contribution is -2.53. The minimum atomic E-state index is -1.50. The van der Waals surface area contributed by atoms with Gasteiger partial charge in [-0.15, -0.1) is 0 Å². The van der Waals surface area contributed by atoms with Crippen LogP contribution in [0.5, 0.6) is 5.75 Å². The maximum Gasteiger partial charge on any atom is 0.347 e. The molecule has 0 unspecified atom stereocenters. The fourth-order valence-corrected chi connectivity index (χ4v) is 7.39. The molecule has 0 radical (unpaired) electrons. The lowest BCUT2D eigenvalue weighted by molar-refractivity contribution is -0.138. The molecule has 44 heavy (non-hydrogen) atoms. The largest absolute Gasteiger partial charge is 0.508 e. The van der Waals surface area contributed by atoms with E-state index in [2.05, 4.69) is 5.43 Å². The average Bonchev–Trinajstić information content (AvgIpc) is 3.36. The number of hydrogen-bond acceptors (Lipinski definition) is 6. The lowest BCUT2D eigenvalue weighted by atomic mass is 9.53. The second-order valence-electron chi connectivity index (χ2n) is 11.5. The summed E-state index contributed by atoms with van der Waals surface area (Å²) in [6, 6.07) is 16.4. The Morgan fingerprint density at radius 2 is 1.68 bits per heavy atom. The fourth-order valence-electron chi connectivity index (χ4n) is 7.26. The smallest absolute Gasteiger partial charge is 0.347 e. The minimum Gasteiger partial charge on any atom is -0.508 e. The highest BCUT2D eigenvalue weighted by molar-refractivity contribution is 6.30. The molecule has 3 aromatic carbocycles. The molecule has 10 nitrogen and oxygen atoms in total. The molecule has 1 aromatic heterocycles. The zero-order valence-electron chi connectivity index (χ0n) is 23.7. The van der Waals surface area contributed by atoms with Crippen LogP contribution in [0.3, 0.4) is 0 Å². The van der Waals surface area contributed by atoms with Crippen LogP contribution >= 0.6 is 11.6 Å². The zero-order valence-corrected chi connectivity index (χ0v) is 24.5. The number of halogens is 2. The standard InChI is InChI=1S/C32H27ClFN5O5/c1-17-15-18(3-12-26(17)40)27-23-13-14-37-30(43)36(2)31(44)39(37)25(23)16-24-28(41)38(35-22-10-8-21(34)9-11-22)29(42)32(24,27)19-4-6-20(33)7-5-19/h3-13,15,24-25,27,35,40H,14,16H2,1-2H3/t24-,25+,27-,32+/m0/s1. The summed E-state index contributed by atoms with van der Waals surface area (Å²) < 4.78 is 17.5. The molecule has 1 saturated carbocycles. The van der Waals surface area contributed by atoms with E-state index in [9.17, 15) is 28.7 Å². The molecule has 1 aliphatic carbocycles. The highest BCUT2D eigenvalue weighted by Crippen LogP contribution is 2.62. The summed E-state index contributed by atoms with van der Waals surface area (Å²) in [6.45, 7) is 1.83. The summed E-state index contributed by atoms with van der Waals surface area (Å²) in [7, 11) is 1.41. The third kappa shape index (κ3) is 3.78. The van der Waals surface area contributed by atoms with E-state index in [4.69, 9.17) is 11.6 Å². The Labute approximate surface area is 255 Å². The number of carbonyl (C=O) groups is 2. The van der Waals surface area contributed by atoms with Gasteiger partial charge in [-0.1, -0.05) is 41.9 Å². The molecule has 7 rings (SSSR count). The molecule has 12 heteroatoms. The molecule has 3 aliphatic rings. The Morgan fingerprint density at radius 3 is 2.36 bits per heavy atom. The number of fused-ring (bicyclic) bond motifs is 4. The summed E-state index contributed by atoms with van der Waals surface area (Å²) in [5, 5.41) is 11.8. The van der Waals surface area contributed by atoms with Crippen molar-refractivity contribution in [1.82, 2.24) is 18.9 Å². The van der Waals surface area contributed by atoms with Crippen LogP contribution in [0.15, 0.2) is 88.0 Å². The Kier molecular flexibility index (Phi) is 6.22. The van der Waals surface area contributed by atoms with Gasteiger partial charge in [-0.3, -0.25) is 15.0 Å². The zero-order chi connectivity index (χ0) is 31.1. The van der Waals surface area contributed by atoms with E-state index >= 15 is 0 Å². The van der Waals surface area contributed by atoms with E-state index in [1.54, 1.807) is 49.4 Å². The van der Waals surface area contributed by atoms with Crippen LogP contribution < -0.4 is 16.8 Å². The number of rotatable bonds is 4. The number of anilines is 1. The number of phenolic OH excluding ortho intramolecular Hbond substituents is 1. The van der Waals surface area contributed by atoms with Crippen LogP contribution in [-0.2, 0) is 28.6 Å².